The first-order valence-corrected chi connectivity index (χ1v) is 11.5. The molecule has 0 atom stereocenters. The van der Waals surface area contributed by atoms with Crippen LogP contribution in [0.25, 0.3) is 5.78 Å². The van der Waals surface area contributed by atoms with E-state index in [1.807, 2.05) is 0 Å². The summed E-state index contributed by atoms with van der Waals surface area (Å²) >= 11 is 0. The Bertz CT molecular complexity index is 768. The summed E-state index contributed by atoms with van der Waals surface area (Å²) in [6.07, 6.45) is 1.71. The van der Waals surface area contributed by atoms with Gasteiger partial charge in [-0.1, -0.05) is 46.6 Å². The first-order chi connectivity index (χ1) is 13.6. The van der Waals surface area contributed by atoms with Gasteiger partial charge in [-0.05, 0) is 15.7 Å². The van der Waals surface area contributed by atoms with Crippen molar-refractivity contribution in [1.82, 2.24) is 39.0 Å². The Morgan fingerprint density at radius 1 is 0.893 bits per heavy atom. The molecule has 0 aliphatic rings. The standard InChI is InChI=1S/C16H32N11P/c1-7-24(8-2)28(25(9-3)10-4,26(11-5)12-6)23-21-18-15-13-14-27-16(17-15)19-20-22-27/h13-14H,7-12H2,1-6H3. The van der Waals surface area contributed by atoms with E-state index in [2.05, 4.69) is 86.4 Å². The molecule has 0 saturated heterocycles. The van der Waals surface area contributed by atoms with Crippen LogP contribution in [0.3, 0.4) is 0 Å². The van der Waals surface area contributed by atoms with Gasteiger partial charge in [-0.2, -0.15) is 9.50 Å². The highest BCUT2D eigenvalue weighted by Crippen LogP contribution is 2.59. The van der Waals surface area contributed by atoms with Gasteiger partial charge in [0.15, 0.2) is 13.3 Å². The second kappa shape index (κ2) is 10.7. The molecule has 0 aliphatic carbocycles. The Morgan fingerprint density at radius 3 is 1.93 bits per heavy atom. The lowest BCUT2D eigenvalue weighted by atomic mass is 10.6. The molecule has 0 N–H and O–H groups in total. The SMILES string of the molecule is CCN(CC)P(=NN=Nc1ccn2nnnc2n1)(N(CC)CC)N(CC)CC. The van der Waals surface area contributed by atoms with Gasteiger partial charge in [-0.3, -0.25) is 0 Å². The summed E-state index contributed by atoms with van der Waals surface area (Å²) < 4.78 is 8.75. The van der Waals surface area contributed by atoms with Crippen molar-refractivity contribution in [2.45, 2.75) is 41.5 Å². The normalized spacial score (nSPS) is 12.9. The fraction of sp³-hybridized carbons (Fsp3) is 0.750. The molecular weight excluding hydrogens is 377 g/mol. The largest absolute Gasteiger partial charge is 0.275 e. The summed E-state index contributed by atoms with van der Waals surface area (Å²) in [5.41, 5.74) is 0. The van der Waals surface area contributed by atoms with Crippen LogP contribution in [0.15, 0.2) is 27.5 Å². The van der Waals surface area contributed by atoms with Gasteiger partial charge in [0.1, 0.15) is 0 Å². The van der Waals surface area contributed by atoms with E-state index in [1.165, 1.54) is 4.52 Å². The van der Waals surface area contributed by atoms with Gasteiger partial charge in [-0.15, -0.1) is 9.97 Å². The third kappa shape index (κ3) is 4.43. The predicted molar refractivity (Wildman–Crippen MR) is 111 cm³/mol. The second-order valence-electron chi connectivity index (χ2n) is 5.94. The molecule has 0 bridgehead atoms. The van der Waals surface area contributed by atoms with Crippen molar-refractivity contribution >= 4 is 19.1 Å². The predicted octanol–water partition coefficient (Wildman–Crippen LogP) is 3.49. The molecule has 2 aromatic heterocycles. The van der Waals surface area contributed by atoms with Crippen LogP contribution in [0.2, 0.25) is 0 Å². The third-order valence-electron chi connectivity index (χ3n) is 4.69. The highest BCUT2D eigenvalue weighted by Gasteiger charge is 2.37. The zero-order valence-corrected chi connectivity index (χ0v) is 18.7. The number of tetrazole rings is 1. The first kappa shape index (κ1) is 22.5. The summed E-state index contributed by atoms with van der Waals surface area (Å²) in [7, 11) is -2.21. The lowest BCUT2D eigenvalue weighted by molar-refractivity contribution is 0.338. The van der Waals surface area contributed by atoms with Gasteiger partial charge < -0.3 is 0 Å². The van der Waals surface area contributed by atoms with Crippen molar-refractivity contribution in [2.24, 2.45) is 15.2 Å². The van der Waals surface area contributed by atoms with E-state index in [-0.39, 0.29) is 0 Å². The molecule has 28 heavy (non-hydrogen) atoms. The van der Waals surface area contributed by atoms with Gasteiger partial charge in [0, 0.05) is 51.5 Å². The fourth-order valence-corrected chi connectivity index (χ4v) is 7.16. The van der Waals surface area contributed by atoms with Gasteiger partial charge >= 0.3 is 0 Å². The maximum absolute atomic E-state index is 4.89. The van der Waals surface area contributed by atoms with E-state index in [1.54, 1.807) is 12.3 Å². The third-order valence-corrected chi connectivity index (χ3v) is 8.98. The van der Waals surface area contributed by atoms with Crippen molar-refractivity contribution in [3.05, 3.63) is 12.3 Å². The summed E-state index contributed by atoms with van der Waals surface area (Å²) in [5.74, 6) is 0.816. The minimum atomic E-state index is -2.21. The van der Waals surface area contributed by atoms with Gasteiger partial charge in [0.05, 0.1) is 0 Å². The maximum Gasteiger partial charge on any atom is 0.275 e. The van der Waals surface area contributed by atoms with E-state index >= 15 is 0 Å². The van der Waals surface area contributed by atoms with Crippen LogP contribution in [0.1, 0.15) is 41.5 Å². The Kier molecular flexibility index (Phi) is 8.56. The van der Waals surface area contributed by atoms with Gasteiger partial charge in [0.25, 0.3) is 5.78 Å². The van der Waals surface area contributed by atoms with Crippen molar-refractivity contribution in [1.29, 1.82) is 0 Å². The van der Waals surface area contributed by atoms with Crippen LogP contribution in [0, 0.1) is 0 Å². The highest BCUT2D eigenvalue weighted by atomic mass is 31.2. The topological polar surface area (TPSA) is 103 Å². The van der Waals surface area contributed by atoms with Crippen molar-refractivity contribution in [3.8, 4) is 0 Å². The molecule has 0 spiro atoms. The van der Waals surface area contributed by atoms with E-state index in [4.69, 9.17) is 4.85 Å². The average molecular weight is 409 g/mol. The molecule has 11 nitrogen and oxygen atoms in total. The average Bonchev–Trinajstić information content (AvgIpc) is 3.18. The van der Waals surface area contributed by atoms with Gasteiger partial charge in [-0.25, -0.2) is 14.0 Å². The monoisotopic (exact) mass is 409 g/mol. The molecule has 156 valence electrons. The molecule has 2 rings (SSSR count). The Hall–Kier alpha value is -1.81. The number of nitrogens with zero attached hydrogens (tertiary/aromatic N) is 11. The lowest BCUT2D eigenvalue weighted by Crippen LogP contribution is -2.41. The summed E-state index contributed by atoms with van der Waals surface area (Å²) in [6.45, 7) is 18.4. The summed E-state index contributed by atoms with van der Waals surface area (Å²) in [4.78, 5) is 9.18. The molecule has 0 fully saturated rings. The number of hydrogen-bond acceptors (Lipinski definition) is 5. The minimum Gasteiger partial charge on any atom is -0.245 e. The van der Waals surface area contributed by atoms with Crippen LogP contribution >= 0.6 is 7.51 Å². The van der Waals surface area contributed by atoms with E-state index in [0.717, 1.165) is 39.3 Å². The van der Waals surface area contributed by atoms with Crippen LogP contribution in [-0.4, -0.2) is 78.3 Å². The zero-order valence-electron chi connectivity index (χ0n) is 17.8. The molecule has 0 amide bonds. The van der Waals surface area contributed by atoms with E-state index < -0.39 is 7.51 Å². The second-order valence-corrected chi connectivity index (χ2v) is 8.89. The molecular formula is C16H32N11P. The summed E-state index contributed by atoms with van der Waals surface area (Å²) in [6, 6.07) is 1.72. The quantitative estimate of drug-likeness (QED) is 0.318. The van der Waals surface area contributed by atoms with Crippen LogP contribution in [0.5, 0.6) is 0 Å². The van der Waals surface area contributed by atoms with Gasteiger partial charge in [0.2, 0.25) is 0 Å². The molecule has 0 unspecified atom stereocenters. The Balaban J connectivity index is 2.56. The van der Waals surface area contributed by atoms with Crippen molar-refractivity contribution in [3.63, 3.8) is 0 Å². The Morgan fingerprint density at radius 2 is 1.43 bits per heavy atom. The molecule has 0 aliphatic heterocycles. The van der Waals surface area contributed by atoms with Crippen LogP contribution in [-0.2, 0) is 0 Å². The molecule has 0 saturated carbocycles. The molecule has 0 aromatic carbocycles. The van der Waals surface area contributed by atoms with Crippen LogP contribution in [0.4, 0.5) is 5.82 Å². The zero-order chi connectivity index (χ0) is 20.6. The molecule has 0 radical (unpaired) electrons. The smallest absolute Gasteiger partial charge is 0.245 e. The fourth-order valence-electron chi connectivity index (χ4n) is 3.33. The number of aromatic nitrogens is 5. The number of fused-ring (bicyclic) bond motifs is 1. The van der Waals surface area contributed by atoms with E-state index in [0.29, 0.717) is 11.6 Å². The van der Waals surface area contributed by atoms with Crippen molar-refractivity contribution in [2.75, 3.05) is 39.3 Å². The molecule has 2 heterocycles. The van der Waals surface area contributed by atoms with E-state index in [9.17, 15) is 0 Å². The summed E-state index contributed by atoms with van der Waals surface area (Å²) in [5, 5.41) is 19.8. The number of hydrogen-bond donors (Lipinski definition) is 0. The number of rotatable bonds is 11. The van der Waals surface area contributed by atoms with Crippen LogP contribution < -0.4 is 0 Å². The molecule has 2 aromatic rings. The Labute approximate surface area is 167 Å². The molecule has 12 heteroatoms. The minimum absolute atomic E-state index is 0.383. The first-order valence-electron chi connectivity index (χ1n) is 9.94. The van der Waals surface area contributed by atoms with Crippen molar-refractivity contribution < 1.29 is 0 Å². The lowest BCUT2D eigenvalue weighted by Gasteiger charge is -2.47. The maximum atomic E-state index is 4.89. The highest BCUT2D eigenvalue weighted by molar-refractivity contribution is 7.59.